The first-order valence-electron chi connectivity index (χ1n) is 6.86. The molecule has 1 amide bonds. The highest BCUT2D eigenvalue weighted by Crippen LogP contribution is 2.29. The van der Waals surface area contributed by atoms with Crippen LogP contribution in [0.1, 0.15) is 11.4 Å². The zero-order valence-corrected chi connectivity index (χ0v) is 15.6. The molecule has 0 atom stereocenters. The van der Waals surface area contributed by atoms with E-state index in [2.05, 4.69) is 15.5 Å². The van der Waals surface area contributed by atoms with E-state index in [1.165, 1.54) is 7.05 Å². The fourth-order valence-electron chi connectivity index (χ4n) is 2.16. The van der Waals surface area contributed by atoms with Crippen molar-refractivity contribution in [3.8, 4) is 0 Å². The van der Waals surface area contributed by atoms with Gasteiger partial charge >= 0.3 is 0 Å². The lowest BCUT2D eigenvalue weighted by Crippen LogP contribution is -2.35. The Bertz CT molecular complexity index is 840. The van der Waals surface area contributed by atoms with Crippen LogP contribution >= 0.6 is 23.2 Å². The number of hydrogen-bond acceptors (Lipinski definition) is 4. The lowest BCUT2D eigenvalue weighted by atomic mass is 10.3. The molecule has 0 saturated carbocycles. The highest BCUT2D eigenvalue weighted by atomic mass is 35.5. The van der Waals surface area contributed by atoms with Gasteiger partial charge in [-0.05, 0) is 26.0 Å². The summed E-state index contributed by atoms with van der Waals surface area (Å²) in [5, 5.41) is 9.54. The number of nitrogens with one attached hydrogen (secondary N) is 2. The van der Waals surface area contributed by atoms with Gasteiger partial charge in [0.25, 0.3) is 0 Å². The van der Waals surface area contributed by atoms with Crippen LogP contribution in [0.3, 0.4) is 0 Å². The number of aromatic nitrogens is 2. The van der Waals surface area contributed by atoms with Gasteiger partial charge in [-0.3, -0.25) is 9.89 Å². The molecule has 10 heteroatoms. The average Bonchev–Trinajstić information content (AvgIpc) is 2.82. The van der Waals surface area contributed by atoms with Crippen LogP contribution in [0.5, 0.6) is 0 Å². The van der Waals surface area contributed by atoms with E-state index in [0.717, 1.165) is 4.31 Å². The van der Waals surface area contributed by atoms with Gasteiger partial charge in [0.15, 0.2) is 0 Å². The van der Waals surface area contributed by atoms with Crippen LogP contribution in [-0.4, -0.2) is 42.4 Å². The fraction of sp³-hybridized carbons (Fsp3) is 0.286. The maximum atomic E-state index is 12.6. The zero-order chi connectivity index (χ0) is 18.1. The van der Waals surface area contributed by atoms with E-state index in [9.17, 15) is 13.2 Å². The summed E-state index contributed by atoms with van der Waals surface area (Å²) in [6.45, 7) is 2.78. The number of carbonyl (C=O) groups excluding carboxylic acids is 1. The SMILES string of the molecule is Cc1n[nH]c(C)c1S(=O)(=O)N(C)CC(=O)Nc1c(Cl)cccc1Cl. The van der Waals surface area contributed by atoms with Gasteiger partial charge in [-0.25, -0.2) is 8.42 Å². The van der Waals surface area contributed by atoms with E-state index in [-0.39, 0.29) is 20.6 Å². The fourth-order valence-corrected chi connectivity index (χ4v) is 4.10. The molecule has 0 radical (unpaired) electrons. The number of H-pyrrole nitrogens is 1. The van der Waals surface area contributed by atoms with E-state index in [1.807, 2.05) is 0 Å². The minimum absolute atomic E-state index is 0.0635. The van der Waals surface area contributed by atoms with Gasteiger partial charge < -0.3 is 5.32 Å². The maximum absolute atomic E-state index is 12.6. The van der Waals surface area contributed by atoms with Gasteiger partial charge in [0.05, 0.1) is 33.7 Å². The summed E-state index contributed by atoms with van der Waals surface area (Å²) in [6, 6.07) is 4.78. The highest BCUT2D eigenvalue weighted by molar-refractivity contribution is 7.89. The Hall–Kier alpha value is -1.61. The molecule has 0 bridgehead atoms. The zero-order valence-electron chi connectivity index (χ0n) is 13.2. The second-order valence-electron chi connectivity index (χ2n) is 5.17. The van der Waals surface area contributed by atoms with E-state index in [1.54, 1.807) is 32.0 Å². The molecule has 0 saturated heterocycles. The first-order valence-corrected chi connectivity index (χ1v) is 9.06. The van der Waals surface area contributed by atoms with Crippen LogP contribution in [0.4, 0.5) is 5.69 Å². The Labute approximate surface area is 150 Å². The standard InChI is InChI=1S/C14H16Cl2N4O3S/c1-8-14(9(2)19-18-8)24(22,23)20(3)7-12(21)17-13-10(15)5-4-6-11(13)16/h4-6H,7H2,1-3H3,(H,17,21)(H,18,19). The van der Waals surface area contributed by atoms with Crippen LogP contribution in [0.2, 0.25) is 10.0 Å². The third-order valence-corrected chi connectivity index (χ3v) is 6.02. The molecule has 1 heterocycles. The Balaban J connectivity index is 2.17. The molecule has 0 aliphatic heterocycles. The number of aromatic amines is 1. The normalized spacial score (nSPS) is 11.8. The number of hydrogen-bond donors (Lipinski definition) is 2. The molecule has 2 rings (SSSR count). The van der Waals surface area contributed by atoms with E-state index in [4.69, 9.17) is 23.2 Å². The number of amides is 1. The minimum atomic E-state index is -3.85. The number of carbonyl (C=O) groups is 1. The molecular weight excluding hydrogens is 375 g/mol. The van der Waals surface area contributed by atoms with E-state index < -0.39 is 22.5 Å². The number of benzene rings is 1. The predicted molar refractivity (Wildman–Crippen MR) is 93.0 cm³/mol. The number of halogens is 2. The van der Waals surface area contributed by atoms with Gasteiger partial charge in [0, 0.05) is 7.05 Å². The second-order valence-corrected chi connectivity index (χ2v) is 7.97. The van der Waals surface area contributed by atoms with Crippen LogP contribution in [0.25, 0.3) is 0 Å². The molecule has 0 spiro atoms. The number of anilines is 1. The van der Waals surface area contributed by atoms with Crippen LogP contribution in [-0.2, 0) is 14.8 Å². The monoisotopic (exact) mass is 390 g/mol. The van der Waals surface area contributed by atoms with Gasteiger partial charge in [0.2, 0.25) is 15.9 Å². The smallest absolute Gasteiger partial charge is 0.246 e. The van der Waals surface area contributed by atoms with Crippen molar-refractivity contribution in [1.29, 1.82) is 0 Å². The first kappa shape index (κ1) is 18.7. The Morgan fingerprint density at radius 1 is 1.29 bits per heavy atom. The molecule has 24 heavy (non-hydrogen) atoms. The topological polar surface area (TPSA) is 95.2 Å². The lowest BCUT2D eigenvalue weighted by molar-refractivity contribution is -0.116. The molecule has 0 aliphatic carbocycles. The summed E-state index contributed by atoms with van der Waals surface area (Å²) in [4.78, 5) is 12.2. The summed E-state index contributed by atoms with van der Waals surface area (Å²) in [5.41, 5.74) is 0.995. The van der Waals surface area contributed by atoms with Crippen molar-refractivity contribution < 1.29 is 13.2 Å². The molecular formula is C14H16Cl2N4O3S. The number of para-hydroxylation sites is 1. The number of sulfonamides is 1. The van der Waals surface area contributed by atoms with E-state index >= 15 is 0 Å². The van der Waals surface area contributed by atoms with Crippen molar-refractivity contribution in [3.63, 3.8) is 0 Å². The Morgan fingerprint density at radius 3 is 2.38 bits per heavy atom. The van der Waals surface area contributed by atoms with Crippen LogP contribution in [0.15, 0.2) is 23.1 Å². The summed E-state index contributed by atoms with van der Waals surface area (Å²) in [6.07, 6.45) is 0. The molecule has 0 unspecified atom stereocenters. The van der Waals surface area contributed by atoms with Crippen molar-refractivity contribution >= 4 is 44.8 Å². The number of likely N-dealkylation sites (N-methyl/N-ethyl adjacent to an activating group) is 1. The molecule has 0 aliphatic rings. The van der Waals surface area contributed by atoms with Gasteiger partial charge in [-0.15, -0.1) is 0 Å². The summed E-state index contributed by atoms with van der Waals surface area (Å²) >= 11 is 12.0. The van der Waals surface area contributed by atoms with Crippen molar-refractivity contribution in [3.05, 3.63) is 39.6 Å². The quantitative estimate of drug-likeness (QED) is 0.819. The largest absolute Gasteiger partial charge is 0.322 e. The third kappa shape index (κ3) is 3.72. The minimum Gasteiger partial charge on any atom is -0.322 e. The molecule has 2 aromatic rings. The summed E-state index contributed by atoms with van der Waals surface area (Å²) < 4.78 is 26.1. The Morgan fingerprint density at radius 2 is 1.88 bits per heavy atom. The van der Waals surface area contributed by atoms with Crippen molar-refractivity contribution in [2.45, 2.75) is 18.7 Å². The molecule has 2 N–H and O–H groups in total. The van der Waals surface area contributed by atoms with E-state index in [0.29, 0.717) is 11.4 Å². The van der Waals surface area contributed by atoms with Crippen molar-refractivity contribution in [1.82, 2.24) is 14.5 Å². The van der Waals surface area contributed by atoms with Crippen molar-refractivity contribution in [2.24, 2.45) is 0 Å². The Kier molecular flexibility index (Phi) is 5.54. The lowest BCUT2D eigenvalue weighted by Gasteiger charge is -2.17. The van der Waals surface area contributed by atoms with Gasteiger partial charge in [0.1, 0.15) is 4.90 Å². The summed E-state index contributed by atoms with van der Waals surface area (Å²) in [7, 11) is -2.54. The van der Waals surface area contributed by atoms with Gasteiger partial charge in [-0.2, -0.15) is 9.40 Å². The summed E-state index contributed by atoms with van der Waals surface area (Å²) in [5.74, 6) is -0.560. The van der Waals surface area contributed by atoms with Crippen LogP contribution < -0.4 is 5.32 Å². The van der Waals surface area contributed by atoms with Crippen molar-refractivity contribution in [2.75, 3.05) is 18.9 Å². The molecule has 1 aromatic carbocycles. The third-order valence-electron chi connectivity index (χ3n) is 3.32. The number of rotatable bonds is 5. The number of aryl methyl sites for hydroxylation is 2. The number of nitrogens with zero attached hydrogens (tertiary/aromatic N) is 2. The first-order chi connectivity index (χ1) is 11.1. The molecule has 1 aromatic heterocycles. The predicted octanol–water partition coefficient (Wildman–Crippen LogP) is 2.59. The molecule has 7 nitrogen and oxygen atoms in total. The molecule has 0 fully saturated rings. The van der Waals surface area contributed by atoms with Crippen LogP contribution in [0, 0.1) is 13.8 Å². The second kappa shape index (κ2) is 7.10. The molecule has 130 valence electrons. The highest BCUT2D eigenvalue weighted by Gasteiger charge is 2.28. The van der Waals surface area contributed by atoms with Gasteiger partial charge in [-0.1, -0.05) is 29.3 Å². The maximum Gasteiger partial charge on any atom is 0.246 e. The average molecular weight is 391 g/mol.